The molecule has 0 aliphatic carbocycles. The van der Waals surface area contributed by atoms with Crippen LogP contribution in [0.2, 0.25) is 0 Å². The van der Waals surface area contributed by atoms with Crippen LogP contribution in [0.15, 0.2) is 0 Å². The van der Waals surface area contributed by atoms with Crippen molar-refractivity contribution < 1.29 is 9.59 Å². The predicted molar refractivity (Wildman–Crippen MR) is 39.2 cm³/mol. The van der Waals surface area contributed by atoms with Crippen LogP contribution < -0.4 is 17.2 Å². The average Bonchev–Trinajstić information content (AvgIpc) is 1.82. The Morgan fingerprint density at radius 3 is 2.20 bits per heavy atom. The summed E-state index contributed by atoms with van der Waals surface area (Å²) in [5.74, 6) is -0.487. The van der Waals surface area contributed by atoms with Crippen LogP contribution in [0, 0.1) is 0 Å². The van der Waals surface area contributed by atoms with E-state index < -0.39 is 17.2 Å². The zero-order chi connectivity index (χ0) is 8.15. The number of amides is 2. The maximum Gasteiger partial charge on any atom is 0.276 e. The number of hydrogen-bond acceptors (Lipinski definition) is 4. The predicted octanol–water partition coefficient (Wildman–Crippen LogP) is -1.39. The number of primary amides is 2. The van der Waals surface area contributed by atoms with Gasteiger partial charge in [-0.3, -0.25) is 9.59 Å². The Labute approximate surface area is 62.3 Å². The molecule has 0 aromatic rings. The van der Waals surface area contributed by atoms with Crippen LogP contribution in [0.3, 0.4) is 0 Å². The summed E-state index contributed by atoms with van der Waals surface area (Å²) in [6, 6.07) is -0.794. The van der Waals surface area contributed by atoms with E-state index in [1.807, 2.05) is 0 Å². The smallest absolute Gasteiger partial charge is 0.276 e. The summed E-state index contributed by atoms with van der Waals surface area (Å²) in [6.45, 7) is 0. The maximum atomic E-state index is 10.2. The Kier molecular flexibility index (Phi) is 3.82. The highest BCUT2D eigenvalue weighted by atomic mass is 32.2. The highest BCUT2D eigenvalue weighted by Gasteiger charge is 2.09. The van der Waals surface area contributed by atoms with Gasteiger partial charge in [0.25, 0.3) is 5.24 Å². The van der Waals surface area contributed by atoms with Gasteiger partial charge < -0.3 is 17.2 Å². The van der Waals surface area contributed by atoms with Gasteiger partial charge in [-0.25, -0.2) is 0 Å². The van der Waals surface area contributed by atoms with Crippen molar-refractivity contribution in [3.8, 4) is 0 Å². The Morgan fingerprint density at radius 2 is 1.90 bits per heavy atom. The van der Waals surface area contributed by atoms with Crippen molar-refractivity contribution in [2.45, 2.75) is 6.04 Å². The molecule has 0 aromatic heterocycles. The van der Waals surface area contributed by atoms with Crippen LogP contribution >= 0.6 is 11.8 Å². The summed E-state index contributed by atoms with van der Waals surface area (Å²) in [4.78, 5) is 20.3. The van der Waals surface area contributed by atoms with Crippen molar-refractivity contribution in [1.82, 2.24) is 0 Å². The second-order valence-corrected chi connectivity index (χ2v) is 2.66. The third-order valence-corrected chi connectivity index (χ3v) is 1.58. The quantitative estimate of drug-likeness (QED) is 0.475. The first-order chi connectivity index (χ1) is 4.54. The third-order valence-electron chi connectivity index (χ3n) is 0.771. The Balaban J connectivity index is 3.49. The standard InChI is InChI=1S/C4H9N3O2S/c5-2(3(6)8)1-10-4(7)9/h2H,1,5H2,(H2,6,8)(H2,7,9)/t2-/m0/s1. The van der Waals surface area contributed by atoms with Crippen LogP contribution in [0.1, 0.15) is 0 Å². The molecule has 0 fully saturated rings. The highest BCUT2D eigenvalue weighted by molar-refractivity contribution is 8.13. The third kappa shape index (κ3) is 4.16. The van der Waals surface area contributed by atoms with Crippen molar-refractivity contribution in [2.75, 3.05) is 5.75 Å². The molecule has 0 unspecified atom stereocenters. The molecule has 0 rings (SSSR count). The highest BCUT2D eigenvalue weighted by Crippen LogP contribution is 1.99. The summed E-state index contributed by atoms with van der Waals surface area (Å²) < 4.78 is 0. The fourth-order valence-corrected chi connectivity index (χ4v) is 0.762. The number of rotatable bonds is 3. The van der Waals surface area contributed by atoms with Gasteiger partial charge >= 0.3 is 0 Å². The number of carbonyl (C=O) groups excluding carboxylic acids is 2. The molecule has 0 saturated carbocycles. The largest absolute Gasteiger partial charge is 0.368 e. The lowest BCUT2D eigenvalue weighted by molar-refractivity contribution is -0.118. The van der Waals surface area contributed by atoms with Crippen molar-refractivity contribution in [3.63, 3.8) is 0 Å². The van der Waals surface area contributed by atoms with Gasteiger partial charge in [0.15, 0.2) is 0 Å². The van der Waals surface area contributed by atoms with E-state index in [1.165, 1.54) is 0 Å². The lowest BCUT2D eigenvalue weighted by Gasteiger charge is -2.02. The normalized spacial score (nSPS) is 12.5. The minimum Gasteiger partial charge on any atom is -0.368 e. The van der Waals surface area contributed by atoms with Crippen LogP contribution in [0.25, 0.3) is 0 Å². The fourth-order valence-electron chi connectivity index (χ4n) is 0.254. The van der Waals surface area contributed by atoms with E-state index in [-0.39, 0.29) is 5.75 Å². The number of hydrogen-bond donors (Lipinski definition) is 3. The lowest BCUT2D eigenvalue weighted by Crippen LogP contribution is -2.38. The molecule has 10 heavy (non-hydrogen) atoms. The minimum atomic E-state index is -0.794. The zero-order valence-electron chi connectivity index (χ0n) is 5.24. The van der Waals surface area contributed by atoms with E-state index in [9.17, 15) is 9.59 Å². The average molecular weight is 163 g/mol. The summed E-state index contributed by atoms with van der Waals surface area (Å²) >= 11 is 0.781. The van der Waals surface area contributed by atoms with Crippen LogP contribution in [-0.2, 0) is 4.79 Å². The molecule has 2 amide bonds. The SMILES string of the molecule is NC(=O)SC[C@H](N)C(N)=O. The lowest BCUT2D eigenvalue weighted by atomic mass is 10.3. The second-order valence-electron chi connectivity index (χ2n) is 1.64. The summed E-state index contributed by atoms with van der Waals surface area (Å²) in [5, 5.41) is -0.559. The first-order valence-electron chi connectivity index (χ1n) is 2.51. The molecule has 0 aliphatic rings. The maximum absolute atomic E-state index is 10.2. The van der Waals surface area contributed by atoms with Crippen molar-refractivity contribution in [1.29, 1.82) is 0 Å². The van der Waals surface area contributed by atoms with E-state index in [2.05, 4.69) is 0 Å². The molecule has 6 heteroatoms. The van der Waals surface area contributed by atoms with E-state index >= 15 is 0 Å². The van der Waals surface area contributed by atoms with Gasteiger partial charge in [-0.15, -0.1) is 0 Å². The van der Waals surface area contributed by atoms with Gasteiger partial charge in [0.2, 0.25) is 5.91 Å². The molecule has 0 saturated heterocycles. The Bertz CT molecular complexity index is 149. The molecule has 0 spiro atoms. The zero-order valence-corrected chi connectivity index (χ0v) is 6.06. The Hall–Kier alpha value is -0.750. The van der Waals surface area contributed by atoms with Crippen LogP contribution in [0.4, 0.5) is 4.79 Å². The molecule has 0 heterocycles. The molecule has 1 atom stereocenters. The molecular weight excluding hydrogens is 154 g/mol. The minimum absolute atomic E-state index is 0.144. The second kappa shape index (κ2) is 4.13. The number of carbonyl (C=O) groups is 2. The topological polar surface area (TPSA) is 112 Å². The van der Waals surface area contributed by atoms with Gasteiger partial charge in [0.1, 0.15) is 0 Å². The molecule has 6 N–H and O–H groups in total. The molecule has 0 bridgehead atoms. The van der Waals surface area contributed by atoms with Gasteiger partial charge in [-0.1, -0.05) is 11.8 Å². The molecule has 0 aliphatic heterocycles. The molecule has 58 valence electrons. The van der Waals surface area contributed by atoms with Crippen molar-refractivity contribution in [3.05, 3.63) is 0 Å². The van der Waals surface area contributed by atoms with Crippen LogP contribution in [0.5, 0.6) is 0 Å². The monoisotopic (exact) mass is 163 g/mol. The van der Waals surface area contributed by atoms with Gasteiger partial charge in [0.05, 0.1) is 6.04 Å². The number of thioether (sulfide) groups is 1. The molecule has 0 aromatic carbocycles. The molecular formula is C4H9N3O2S. The Morgan fingerprint density at radius 1 is 1.40 bits per heavy atom. The van der Waals surface area contributed by atoms with Gasteiger partial charge in [0, 0.05) is 5.75 Å². The van der Waals surface area contributed by atoms with E-state index in [0.717, 1.165) is 11.8 Å². The van der Waals surface area contributed by atoms with E-state index in [0.29, 0.717) is 0 Å². The fraction of sp³-hybridized carbons (Fsp3) is 0.500. The van der Waals surface area contributed by atoms with E-state index in [4.69, 9.17) is 17.2 Å². The van der Waals surface area contributed by atoms with Gasteiger partial charge in [-0.2, -0.15) is 0 Å². The van der Waals surface area contributed by atoms with E-state index in [1.54, 1.807) is 0 Å². The van der Waals surface area contributed by atoms with Crippen LogP contribution in [-0.4, -0.2) is 22.9 Å². The molecule has 0 radical (unpaired) electrons. The van der Waals surface area contributed by atoms with Gasteiger partial charge in [-0.05, 0) is 0 Å². The van der Waals surface area contributed by atoms with Crippen molar-refractivity contribution in [2.24, 2.45) is 17.2 Å². The van der Waals surface area contributed by atoms with Crippen molar-refractivity contribution >= 4 is 22.9 Å². The summed E-state index contributed by atoms with van der Waals surface area (Å²) in [7, 11) is 0. The number of nitrogens with two attached hydrogens (primary N) is 3. The first kappa shape index (κ1) is 9.25. The first-order valence-corrected chi connectivity index (χ1v) is 3.49. The summed E-state index contributed by atoms with van der Waals surface area (Å²) in [6.07, 6.45) is 0. The summed E-state index contributed by atoms with van der Waals surface area (Å²) in [5.41, 5.74) is 14.7. The molecule has 5 nitrogen and oxygen atoms in total.